The molecule has 118 valence electrons. The Morgan fingerprint density at radius 3 is 2.48 bits per heavy atom. The molecule has 1 saturated heterocycles. The smallest absolute Gasteiger partial charge is 0.377 e. The van der Waals surface area contributed by atoms with Gasteiger partial charge in [0.25, 0.3) is 11.8 Å². The van der Waals surface area contributed by atoms with Crippen molar-refractivity contribution in [2.45, 2.75) is 12.8 Å². The van der Waals surface area contributed by atoms with E-state index in [1.54, 1.807) is 12.1 Å². The third kappa shape index (κ3) is 2.61. The maximum Gasteiger partial charge on any atom is 0.382 e. The Labute approximate surface area is 132 Å². The van der Waals surface area contributed by atoms with Crippen LogP contribution in [0.4, 0.5) is 5.69 Å². The van der Waals surface area contributed by atoms with E-state index in [0.29, 0.717) is 10.4 Å². The summed E-state index contributed by atoms with van der Waals surface area (Å²) in [6.07, 6.45) is 1.61. The van der Waals surface area contributed by atoms with E-state index in [1.807, 2.05) is 31.1 Å². The topological polar surface area (TPSA) is 79.8 Å². The molecule has 1 aromatic heterocycles. The Morgan fingerprint density at radius 1 is 1.13 bits per heavy atom. The van der Waals surface area contributed by atoms with E-state index in [-0.39, 0.29) is 18.5 Å². The predicted molar refractivity (Wildman–Crippen MR) is 82.6 cm³/mol. The first-order valence-corrected chi connectivity index (χ1v) is 7.12. The fraction of sp³-hybridized carbons (Fsp3) is 0.250. The molecule has 1 aromatic carbocycles. The summed E-state index contributed by atoms with van der Waals surface area (Å²) in [5.41, 5.74) is 0.992. The van der Waals surface area contributed by atoms with Gasteiger partial charge in [0, 0.05) is 49.6 Å². The molecule has 1 fully saturated rings. The van der Waals surface area contributed by atoms with Gasteiger partial charge in [0.1, 0.15) is 0 Å². The minimum Gasteiger partial charge on any atom is -0.377 e. The minimum absolute atomic E-state index is 0.0554. The molecule has 0 bridgehead atoms. The van der Waals surface area contributed by atoms with Crippen molar-refractivity contribution >= 4 is 34.2 Å². The van der Waals surface area contributed by atoms with Gasteiger partial charge in [-0.25, -0.2) is 9.78 Å². The van der Waals surface area contributed by atoms with Gasteiger partial charge in [0.15, 0.2) is 5.69 Å². The Hall–Kier alpha value is -2.96. The lowest BCUT2D eigenvalue weighted by Crippen LogP contribution is -2.32. The third-order valence-corrected chi connectivity index (χ3v) is 3.64. The summed E-state index contributed by atoms with van der Waals surface area (Å²) in [6.45, 7) is 0. The summed E-state index contributed by atoms with van der Waals surface area (Å²) in [4.78, 5) is 46.4. The zero-order chi connectivity index (χ0) is 16.6. The molecule has 0 spiro atoms. The zero-order valence-electron chi connectivity index (χ0n) is 12.8. The van der Waals surface area contributed by atoms with Gasteiger partial charge in [0.2, 0.25) is 0 Å². The van der Waals surface area contributed by atoms with Crippen molar-refractivity contribution in [1.82, 2.24) is 10.0 Å². The first kappa shape index (κ1) is 15.0. The number of hydrogen-bond donors (Lipinski definition) is 0. The van der Waals surface area contributed by atoms with Crippen LogP contribution in [-0.4, -0.2) is 41.9 Å². The van der Waals surface area contributed by atoms with Gasteiger partial charge in [0.05, 0.1) is 0 Å². The van der Waals surface area contributed by atoms with E-state index in [0.717, 1.165) is 11.1 Å². The molecule has 2 aromatic rings. The van der Waals surface area contributed by atoms with Crippen LogP contribution < -0.4 is 4.90 Å². The van der Waals surface area contributed by atoms with Crippen molar-refractivity contribution in [2.75, 3.05) is 19.0 Å². The number of anilines is 1. The van der Waals surface area contributed by atoms with Gasteiger partial charge in [-0.2, -0.15) is 0 Å². The molecule has 1 aliphatic heterocycles. The lowest BCUT2D eigenvalue weighted by atomic mass is 10.1. The van der Waals surface area contributed by atoms with E-state index in [4.69, 9.17) is 4.84 Å². The summed E-state index contributed by atoms with van der Waals surface area (Å²) in [6, 6.07) is 7.28. The van der Waals surface area contributed by atoms with Crippen LogP contribution in [0, 0.1) is 0 Å². The molecule has 0 radical (unpaired) electrons. The number of hydrogen-bond acceptors (Lipinski definition) is 6. The lowest BCUT2D eigenvalue weighted by molar-refractivity contribution is -0.172. The summed E-state index contributed by atoms with van der Waals surface area (Å²) in [5, 5.41) is 1.96. The standard InChI is InChI=1S/C16H15N3O4/c1-18(2)12-5-3-4-11-10(12)8-9-17-15(11)16(22)23-19-13(20)6-7-14(19)21/h3-5,8-9H,6-7H2,1-2H3. The van der Waals surface area contributed by atoms with Crippen molar-refractivity contribution < 1.29 is 19.2 Å². The van der Waals surface area contributed by atoms with Gasteiger partial charge < -0.3 is 9.74 Å². The number of hydroxylamine groups is 2. The largest absolute Gasteiger partial charge is 0.382 e. The second-order valence-electron chi connectivity index (χ2n) is 5.39. The van der Waals surface area contributed by atoms with Crippen molar-refractivity contribution in [1.29, 1.82) is 0 Å². The Bertz CT molecular complexity index is 800. The van der Waals surface area contributed by atoms with Crippen LogP contribution >= 0.6 is 0 Å². The van der Waals surface area contributed by atoms with E-state index in [9.17, 15) is 14.4 Å². The van der Waals surface area contributed by atoms with Crippen LogP contribution in [0.15, 0.2) is 30.5 Å². The second kappa shape index (κ2) is 5.68. The van der Waals surface area contributed by atoms with Crippen LogP contribution in [0.25, 0.3) is 10.8 Å². The summed E-state index contributed by atoms with van der Waals surface area (Å²) in [7, 11) is 3.80. The van der Waals surface area contributed by atoms with Crippen LogP contribution in [0.2, 0.25) is 0 Å². The van der Waals surface area contributed by atoms with E-state index < -0.39 is 17.8 Å². The maximum atomic E-state index is 12.3. The fourth-order valence-corrected chi connectivity index (χ4v) is 2.53. The highest BCUT2D eigenvalue weighted by atomic mass is 16.7. The number of benzene rings is 1. The quantitative estimate of drug-likeness (QED) is 0.799. The van der Waals surface area contributed by atoms with E-state index in [1.165, 1.54) is 6.20 Å². The number of nitrogens with zero attached hydrogens (tertiary/aromatic N) is 3. The molecule has 0 unspecified atom stereocenters. The molecule has 0 saturated carbocycles. The molecule has 2 amide bonds. The number of aromatic nitrogens is 1. The average molecular weight is 313 g/mol. The van der Waals surface area contributed by atoms with Crippen molar-refractivity contribution in [2.24, 2.45) is 0 Å². The molecule has 3 rings (SSSR count). The third-order valence-electron chi connectivity index (χ3n) is 3.64. The van der Waals surface area contributed by atoms with Crippen LogP contribution in [0.3, 0.4) is 0 Å². The highest BCUT2D eigenvalue weighted by Crippen LogP contribution is 2.27. The van der Waals surface area contributed by atoms with Gasteiger partial charge in [-0.05, 0) is 12.1 Å². The first-order valence-electron chi connectivity index (χ1n) is 7.12. The van der Waals surface area contributed by atoms with Crippen molar-refractivity contribution in [3.63, 3.8) is 0 Å². The number of carbonyl (C=O) groups is 3. The lowest BCUT2D eigenvalue weighted by Gasteiger charge is -2.17. The van der Waals surface area contributed by atoms with Gasteiger partial charge in [-0.1, -0.05) is 12.1 Å². The van der Waals surface area contributed by atoms with E-state index in [2.05, 4.69) is 4.98 Å². The molecule has 2 heterocycles. The van der Waals surface area contributed by atoms with Crippen molar-refractivity contribution in [3.8, 4) is 0 Å². The second-order valence-corrected chi connectivity index (χ2v) is 5.39. The maximum absolute atomic E-state index is 12.3. The van der Waals surface area contributed by atoms with Gasteiger partial charge in [-0.15, -0.1) is 5.06 Å². The molecular weight excluding hydrogens is 298 g/mol. The molecule has 0 aliphatic carbocycles. The Balaban J connectivity index is 2.00. The molecule has 0 atom stereocenters. The monoisotopic (exact) mass is 313 g/mol. The number of pyridine rings is 1. The Kier molecular flexibility index (Phi) is 3.69. The molecule has 0 N–H and O–H groups in total. The highest BCUT2D eigenvalue weighted by Gasteiger charge is 2.33. The number of imide groups is 1. The minimum atomic E-state index is -0.824. The predicted octanol–water partition coefficient (Wildman–Crippen LogP) is 1.52. The molecule has 7 nitrogen and oxygen atoms in total. The fourth-order valence-electron chi connectivity index (χ4n) is 2.53. The summed E-state index contributed by atoms with van der Waals surface area (Å²) in [5.74, 6) is -1.86. The number of carbonyl (C=O) groups excluding carboxylic acids is 3. The Morgan fingerprint density at radius 2 is 1.83 bits per heavy atom. The van der Waals surface area contributed by atoms with Crippen molar-refractivity contribution in [3.05, 3.63) is 36.2 Å². The van der Waals surface area contributed by atoms with Crippen LogP contribution in [-0.2, 0) is 14.4 Å². The average Bonchev–Trinajstić information content (AvgIpc) is 2.85. The van der Waals surface area contributed by atoms with Crippen LogP contribution in [0.1, 0.15) is 23.3 Å². The van der Waals surface area contributed by atoms with Gasteiger partial charge in [-0.3, -0.25) is 9.59 Å². The molecule has 1 aliphatic rings. The number of amides is 2. The van der Waals surface area contributed by atoms with E-state index >= 15 is 0 Å². The molecule has 7 heteroatoms. The van der Waals surface area contributed by atoms with Gasteiger partial charge >= 0.3 is 5.97 Å². The first-order chi connectivity index (χ1) is 11.0. The SMILES string of the molecule is CN(C)c1cccc2c(C(=O)ON3C(=O)CCC3=O)nccc12. The zero-order valence-corrected chi connectivity index (χ0v) is 12.8. The normalized spacial score (nSPS) is 14.4. The molecular formula is C16H15N3O4. The number of rotatable bonds is 3. The molecule has 23 heavy (non-hydrogen) atoms. The van der Waals surface area contributed by atoms with Crippen LogP contribution in [0.5, 0.6) is 0 Å². The summed E-state index contributed by atoms with van der Waals surface area (Å²) >= 11 is 0. The summed E-state index contributed by atoms with van der Waals surface area (Å²) < 4.78 is 0. The highest BCUT2D eigenvalue weighted by molar-refractivity contribution is 6.08. The number of fused-ring (bicyclic) bond motifs is 1.